The van der Waals surface area contributed by atoms with Crippen LogP contribution in [0.25, 0.3) is 0 Å². The third-order valence-corrected chi connectivity index (χ3v) is 7.21. The Bertz CT molecular complexity index is 470. The number of carbonyl (C=O) groups excluding carboxylic acids is 1. The normalized spacial score (nSPS) is 51.0. The van der Waals surface area contributed by atoms with Gasteiger partial charge in [-0.25, -0.2) is 0 Å². The number of amides is 1. The summed E-state index contributed by atoms with van der Waals surface area (Å²) in [4.78, 5) is 17.3. The Hall–Kier alpha value is -0.570. The molecule has 5 rings (SSSR count). The largest absolute Gasteiger partial charge is 0.336 e. The van der Waals surface area contributed by atoms with Crippen molar-refractivity contribution in [2.45, 2.75) is 58.8 Å². The molecule has 1 amide bonds. The number of quaternary nitrogens is 1. The summed E-state index contributed by atoms with van der Waals surface area (Å²) in [5.41, 5.74) is 0.886. The average molecular weight is 305 g/mol. The van der Waals surface area contributed by atoms with Crippen LogP contribution in [-0.4, -0.2) is 44.0 Å². The number of hydrogen-bond donors (Lipinski definition) is 1. The highest BCUT2D eigenvalue weighted by atomic mass is 16.2. The molecular weight excluding hydrogens is 272 g/mol. The molecule has 0 radical (unpaired) electrons. The van der Waals surface area contributed by atoms with Crippen molar-refractivity contribution in [1.82, 2.24) is 4.90 Å². The molecule has 22 heavy (non-hydrogen) atoms. The lowest BCUT2D eigenvalue weighted by Gasteiger charge is -2.65. The van der Waals surface area contributed by atoms with Gasteiger partial charge in [0.05, 0.1) is 32.1 Å². The second-order valence-corrected chi connectivity index (χ2v) is 10.0. The van der Waals surface area contributed by atoms with E-state index in [0.29, 0.717) is 16.7 Å². The summed E-state index contributed by atoms with van der Waals surface area (Å²) < 4.78 is 0. The zero-order chi connectivity index (χ0) is 15.6. The van der Waals surface area contributed by atoms with E-state index in [2.05, 4.69) is 25.8 Å². The predicted octanol–water partition coefficient (Wildman–Crippen LogP) is 1.73. The molecule has 1 aliphatic heterocycles. The molecule has 3 heteroatoms. The van der Waals surface area contributed by atoms with Crippen molar-refractivity contribution in [3.05, 3.63) is 0 Å². The Morgan fingerprint density at radius 1 is 1.00 bits per heavy atom. The van der Waals surface area contributed by atoms with Gasteiger partial charge in [-0.15, -0.1) is 0 Å². The van der Waals surface area contributed by atoms with E-state index in [-0.39, 0.29) is 5.41 Å². The SMILES string of the molecule is C[NH+]1CCCN(C(=O)C23CC4C[C@@](C)(C2)C[C@](C)(C4)C3)CC1. The van der Waals surface area contributed by atoms with Gasteiger partial charge >= 0.3 is 0 Å². The lowest BCUT2D eigenvalue weighted by Crippen LogP contribution is -3.09. The third kappa shape index (κ3) is 2.31. The van der Waals surface area contributed by atoms with E-state index in [1.54, 1.807) is 4.90 Å². The Labute approximate surface area is 135 Å². The molecule has 5 fully saturated rings. The highest BCUT2D eigenvalue weighted by Crippen LogP contribution is 2.69. The first kappa shape index (κ1) is 15.0. The van der Waals surface area contributed by atoms with Crippen molar-refractivity contribution >= 4 is 5.91 Å². The van der Waals surface area contributed by atoms with E-state index < -0.39 is 0 Å². The maximum atomic E-state index is 13.5. The number of nitrogens with zero attached hydrogens (tertiary/aromatic N) is 1. The third-order valence-electron chi connectivity index (χ3n) is 7.21. The van der Waals surface area contributed by atoms with Gasteiger partial charge < -0.3 is 9.80 Å². The van der Waals surface area contributed by atoms with E-state index in [9.17, 15) is 4.79 Å². The molecule has 1 N–H and O–H groups in total. The minimum atomic E-state index is 0.00115. The van der Waals surface area contributed by atoms with Crippen LogP contribution < -0.4 is 4.90 Å². The van der Waals surface area contributed by atoms with Gasteiger partial charge in [-0.3, -0.25) is 4.79 Å². The van der Waals surface area contributed by atoms with Crippen LogP contribution in [-0.2, 0) is 4.79 Å². The number of hydrogen-bond acceptors (Lipinski definition) is 1. The van der Waals surface area contributed by atoms with Gasteiger partial charge in [0, 0.05) is 13.0 Å². The molecule has 5 atom stereocenters. The predicted molar refractivity (Wildman–Crippen MR) is 87.7 cm³/mol. The summed E-state index contributed by atoms with van der Waals surface area (Å²) in [7, 11) is 2.26. The van der Waals surface area contributed by atoms with E-state index >= 15 is 0 Å². The maximum absolute atomic E-state index is 13.5. The Balaban J connectivity index is 1.60. The second-order valence-electron chi connectivity index (χ2n) is 10.0. The van der Waals surface area contributed by atoms with Crippen LogP contribution in [0, 0.1) is 22.2 Å². The molecule has 5 aliphatic rings. The van der Waals surface area contributed by atoms with Crippen LogP contribution in [0.15, 0.2) is 0 Å². The van der Waals surface area contributed by atoms with Crippen molar-refractivity contribution in [1.29, 1.82) is 0 Å². The first-order valence-corrected chi connectivity index (χ1v) is 9.42. The monoisotopic (exact) mass is 305 g/mol. The number of nitrogens with one attached hydrogen (secondary N) is 1. The lowest BCUT2D eigenvalue weighted by molar-refractivity contribution is -0.877. The minimum Gasteiger partial charge on any atom is -0.336 e. The Morgan fingerprint density at radius 3 is 2.32 bits per heavy atom. The molecule has 0 spiro atoms. The molecule has 1 heterocycles. The van der Waals surface area contributed by atoms with Crippen molar-refractivity contribution in [3.8, 4) is 0 Å². The first-order chi connectivity index (χ1) is 10.3. The van der Waals surface area contributed by atoms with Crippen LogP contribution in [0.1, 0.15) is 58.8 Å². The quantitative estimate of drug-likeness (QED) is 0.784. The molecule has 1 saturated heterocycles. The number of rotatable bonds is 1. The highest BCUT2D eigenvalue weighted by molar-refractivity contribution is 5.83. The lowest BCUT2D eigenvalue weighted by atomic mass is 9.40. The molecular formula is C19H33N2O+. The molecule has 3 nitrogen and oxygen atoms in total. The fourth-order valence-corrected chi connectivity index (χ4v) is 7.36. The van der Waals surface area contributed by atoms with Crippen molar-refractivity contribution in [2.75, 3.05) is 33.2 Å². The van der Waals surface area contributed by atoms with Crippen molar-refractivity contribution < 1.29 is 9.69 Å². The summed E-state index contributed by atoms with van der Waals surface area (Å²) >= 11 is 0. The van der Waals surface area contributed by atoms with E-state index in [1.165, 1.54) is 51.5 Å². The highest BCUT2D eigenvalue weighted by Gasteiger charge is 2.63. The van der Waals surface area contributed by atoms with E-state index in [1.807, 2.05) is 0 Å². The van der Waals surface area contributed by atoms with Gasteiger partial charge in [0.2, 0.25) is 5.91 Å². The fourth-order valence-electron chi connectivity index (χ4n) is 7.36. The summed E-state index contributed by atoms with van der Waals surface area (Å²) in [5, 5.41) is 0. The molecule has 0 aromatic carbocycles. The molecule has 4 saturated carbocycles. The van der Waals surface area contributed by atoms with Gasteiger partial charge in [0.15, 0.2) is 0 Å². The summed E-state index contributed by atoms with van der Waals surface area (Å²) in [6, 6.07) is 0. The van der Waals surface area contributed by atoms with Crippen LogP contribution in [0.4, 0.5) is 0 Å². The number of likely N-dealkylation sites (N-methyl/N-ethyl adjacent to an activating group) is 1. The molecule has 0 aromatic heterocycles. The average Bonchev–Trinajstić information content (AvgIpc) is 2.58. The zero-order valence-electron chi connectivity index (χ0n) is 14.7. The van der Waals surface area contributed by atoms with Crippen LogP contribution in [0.5, 0.6) is 0 Å². The summed E-state index contributed by atoms with van der Waals surface area (Å²) in [6.07, 6.45) is 8.82. The standard InChI is InChI=1S/C19H32N2O/c1-17-9-15-10-18(2,12-17)14-19(11-15,13-17)16(22)21-6-4-5-20(3)7-8-21/h15H,4-14H2,1-3H3/p+1/t15?,17-,18+,19?. The fraction of sp³-hybridized carbons (Fsp3) is 0.947. The van der Waals surface area contributed by atoms with Gasteiger partial charge in [-0.2, -0.15) is 0 Å². The van der Waals surface area contributed by atoms with Crippen LogP contribution >= 0.6 is 0 Å². The van der Waals surface area contributed by atoms with Crippen LogP contribution in [0.2, 0.25) is 0 Å². The van der Waals surface area contributed by atoms with Crippen LogP contribution in [0.3, 0.4) is 0 Å². The Morgan fingerprint density at radius 2 is 1.68 bits per heavy atom. The van der Waals surface area contributed by atoms with Gasteiger partial charge in [-0.1, -0.05) is 13.8 Å². The van der Waals surface area contributed by atoms with Gasteiger partial charge in [0.1, 0.15) is 0 Å². The first-order valence-electron chi connectivity index (χ1n) is 9.42. The van der Waals surface area contributed by atoms with E-state index in [0.717, 1.165) is 25.6 Å². The van der Waals surface area contributed by atoms with E-state index in [4.69, 9.17) is 0 Å². The van der Waals surface area contributed by atoms with Crippen molar-refractivity contribution in [3.63, 3.8) is 0 Å². The summed E-state index contributed by atoms with van der Waals surface area (Å²) in [6.45, 7) is 9.26. The number of carbonyl (C=O) groups is 1. The van der Waals surface area contributed by atoms with Gasteiger partial charge in [0.25, 0.3) is 0 Å². The molecule has 124 valence electrons. The molecule has 0 aromatic rings. The van der Waals surface area contributed by atoms with Gasteiger partial charge in [-0.05, 0) is 55.3 Å². The topological polar surface area (TPSA) is 24.8 Å². The smallest absolute Gasteiger partial charge is 0.229 e. The van der Waals surface area contributed by atoms with Crippen molar-refractivity contribution in [2.24, 2.45) is 22.2 Å². The molecule has 3 unspecified atom stereocenters. The zero-order valence-corrected chi connectivity index (χ0v) is 14.7. The summed E-state index contributed by atoms with van der Waals surface area (Å²) in [5.74, 6) is 1.35. The Kier molecular flexibility index (Phi) is 3.21. The maximum Gasteiger partial charge on any atom is 0.229 e. The minimum absolute atomic E-state index is 0.00115. The molecule has 4 aliphatic carbocycles. The second kappa shape index (κ2) is 4.72. The molecule has 4 bridgehead atoms.